The van der Waals surface area contributed by atoms with Gasteiger partial charge in [0.1, 0.15) is 36.6 Å². The van der Waals surface area contributed by atoms with Gasteiger partial charge >= 0.3 is 31.2 Å². The SMILES string of the molecule is COC1OC(COS(=O)(=O)O)C(OC2O[C@@H](C)[C@@H](OC3OC(COS(=O)(=O)O)C(O)[C@H](O)[C@@H]3C)C(O)C2OS(=O)(=O)O)[C@H](O)[C@@H]1C. The van der Waals surface area contributed by atoms with Crippen LogP contribution in [0.4, 0.5) is 0 Å². The van der Waals surface area contributed by atoms with Crippen molar-refractivity contribution in [3.8, 4) is 0 Å². The number of hydrogen-bond acceptors (Lipinski definition) is 19. The fourth-order valence-electron chi connectivity index (χ4n) is 5.14. The molecule has 3 heterocycles. The Hall–Kier alpha value is -0.790. The van der Waals surface area contributed by atoms with Gasteiger partial charge in [-0.2, -0.15) is 25.3 Å². The molecule has 9 unspecified atom stereocenters. The number of methoxy groups -OCH3 is 1. The summed E-state index contributed by atoms with van der Waals surface area (Å²) in [5.41, 5.74) is 0. The van der Waals surface area contributed by atoms with Gasteiger partial charge in [0.15, 0.2) is 25.0 Å². The van der Waals surface area contributed by atoms with Gasteiger partial charge in [0.05, 0.1) is 31.5 Å². The van der Waals surface area contributed by atoms with E-state index in [0.717, 1.165) is 0 Å². The molecule has 0 aromatic rings. The van der Waals surface area contributed by atoms with Crippen molar-refractivity contribution in [3.63, 3.8) is 0 Å². The molecule has 0 amide bonds. The van der Waals surface area contributed by atoms with Crippen molar-refractivity contribution in [2.75, 3.05) is 20.3 Å². The maximum absolute atomic E-state index is 11.8. The predicted molar refractivity (Wildman–Crippen MR) is 142 cm³/mol. The third kappa shape index (κ3) is 10.4. The zero-order valence-electron chi connectivity index (χ0n) is 24.6. The van der Waals surface area contributed by atoms with Gasteiger partial charge in [0.2, 0.25) is 0 Å². The summed E-state index contributed by atoms with van der Waals surface area (Å²) in [6.07, 6.45) is -21.5. The lowest BCUT2D eigenvalue weighted by molar-refractivity contribution is -0.365. The second kappa shape index (κ2) is 15.4. The molecule has 7 N–H and O–H groups in total. The molecule has 0 spiro atoms. The molecule has 272 valence electrons. The van der Waals surface area contributed by atoms with Crippen molar-refractivity contribution in [1.82, 2.24) is 0 Å². The molecule has 0 aromatic heterocycles. The summed E-state index contributed by atoms with van der Waals surface area (Å²) < 4.78 is 142. The minimum absolute atomic E-state index is 0.871. The highest BCUT2D eigenvalue weighted by atomic mass is 32.3. The number of aliphatic hydroxyl groups excluding tert-OH is 4. The summed E-state index contributed by atoms with van der Waals surface area (Å²) in [6.45, 7) is 2.17. The van der Waals surface area contributed by atoms with Crippen LogP contribution in [0.15, 0.2) is 0 Å². The summed E-state index contributed by atoms with van der Waals surface area (Å²) in [7, 11) is -14.1. The van der Waals surface area contributed by atoms with E-state index in [0.29, 0.717) is 0 Å². The summed E-state index contributed by atoms with van der Waals surface area (Å²) in [5, 5.41) is 42.9. The monoisotopic (exact) mass is 738 g/mol. The molecule has 3 rings (SSSR count). The van der Waals surface area contributed by atoms with E-state index >= 15 is 0 Å². The first-order chi connectivity index (χ1) is 21.0. The van der Waals surface area contributed by atoms with Crippen molar-refractivity contribution in [2.24, 2.45) is 11.8 Å². The Kier molecular flexibility index (Phi) is 13.3. The number of hydrogen-bond donors (Lipinski definition) is 7. The topological polar surface area (TPSA) is 327 Å². The van der Waals surface area contributed by atoms with E-state index in [2.05, 4.69) is 12.5 Å². The fourth-order valence-corrected chi connectivity index (χ4v) is 6.24. The summed E-state index contributed by atoms with van der Waals surface area (Å²) >= 11 is 0. The molecule has 0 bridgehead atoms. The van der Waals surface area contributed by atoms with Crippen LogP contribution in [0, 0.1) is 11.8 Å². The molecular formula is C21H38O22S3. The van der Waals surface area contributed by atoms with Gasteiger partial charge in [-0.15, -0.1) is 0 Å². The Labute approximate surface area is 264 Å². The van der Waals surface area contributed by atoms with Crippen molar-refractivity contribution >= 4 is 31.2 Å². The van der Waals surface area contributed by atoms with Crippen LogP contribution in [0.3, 0.4) is 0 Å². The highest BCUT2D eigenvalue weighted by Crippen LogP contribution is 2.36. The van der Waals surface area contributed by atoms with Crippen LogP contribution in [0.5, 0.6) is 0 Å². The van der Waals surface area contributed by atoms with E-state index in [9.17, 15) is 50.2 Å². The first-order valence-corrected chi connectivity index (χ1v) is 17.5. The normalized spacial score (nSPS) is 43.0. The number of rotatable bonds is 13. The van der Waals surface area contributed by atoms with Crippen molar-refractivity contribution in [3.05, 3.63) is 0 Å². The maximum atomic E-state index is 11.8. The average Bonchev–Trinajstić information content (AvgIpc) is 2.92. The molecule has 0 radical (unpaired) electrons. The maximum Gasteiger partial charge on any atom is 0.397 e. The van der Waals surface area contributed by atoms with Crippen molar-refractivity contribution < 1.29 is 100 Å². The first kappa shape index (κ1) is 39.6. The Morgan fingerprint density at radius 1 is 0.565 bits per heavy atom. The minimum Gasteiger partial charge on any atom is -0.390 e. The second-order valence-corrected chi connectivity index (χ2v) is 14.1. The van der Waals surface area contributed by atoms with Crippen molar-refractivity contribution in [2.45, 2.75) is 101 Å². The summed E-state index contributed by atoms with van der Waals surface area (Å²) in [6, 6.07) is 0. The van der Waals surface area contributed by atoms with Gasteiger partial charge in [0.25, 0.3) is 0 Å². The lowest BCUT2D eigenvalue weighted by Crippen LogP contribution is -2.65. The molecule has 46 heavy (non-hydrogen) atoms. The smallest absolute Gasteiger partial charge is 0.390 e. The van der Waals surface area contributed by atoms with Gasteiger partial charge in [-0.25, -0.2) is 12.5 Å². The molecule has 0 saturated carbocycles. The standard InChI is InChI=1S/C21H38O22S3/c1-7-12(22)14(24)10(5-36-44(26,27)28)39-20(7)41-16-9(3)38-21(18(15(16)25)43-46(32,33)34)42-17-11(6-37-45(29,30)31)40-19(35-4)8(2)13(17)23/h7-25H,5-6H2,1-4H3,(H,26,27,28)(H,29,30,31)(H,32,33,34)/t7-,8-,9-,10?,11?,12+,13+,14?,15?,16+,17?,18?,19?,20?,21?/m0/s1. The summed E-state index contributed by atoms with van der Waals surface area (Å²) in [5.74, 6) is -1.95. The van der Waals surface area contributed by atoms with E-state index in [1.807, 2.05) is 0 Å². The van der Waals surface area contributed by atoms with Gasteiger partial charge < -0.3 is 48.8 Å². The third-order valence-electron chi connectivity index (χ3n) is 7.55. The second-order valence-electron chi connectivity index (χ2n) is 10.8. The lowest BCUT2D eigenvalue weighted by Gasteiger charge is -2.48. The molecule has 3 saturated heterocycles. The van der Waals surface area contributed by atoms with Crippen LogP contribution >= 0.6 is 0 Å². The van der Waals surface area contributed by atoms with Gasteiger partial charge in [-0.3, -0.25) is 13.7 Å². The van der Waals surface area contributed by atoms with Gasteiger partial charge in [0, 0.05) is 18.9 Å². The molecule has 22 nitrogen and oxygen atoms in total. The van der Waals surface area contributed by atoms with E-state index in [1.165, 1.54) is 27.9 Å². The Bertz CT molecular complexity index is 1330. The van der Waals surface area contributed by atoms with Gasteiger partial charge in [-0.1, -0.05) is 13.8 Å². The molecule has 3 aliphatic rings. The number of aliphatic hydroxyl groups is 4. The predicted octanol–water partition coefficient (Wildman–Crippen LogP) is -3.86. The van der Waals surface area contributed by atoms with Crippen LogP contribution in [-0.2, 0) is 72.2 Å². The van der Waals surface area contributed by atoms with Crippen LogP contribution < -0.4 is 0 Å². The average molecular weight is 739 g/mol. The minimum atomic E-state index is -5.37. The highest BCUT2D eigenvalue weighted by Gasteiger charge is 2.54. The molecule has 3 aliphatic heterocycles. The Balaban J connectivity index is 1.86. The van der Waals surface area contributed by atoms with Crippen LogP contribution in [0.25, 0.3) is 0 Å². The number of ether oxygens (including phenoxy) is 6. The molecule has 3 fully saturated rings. The Morgan fingerprint density at radius 2 is 1.07 bits per heavy atom. The van der Waals surface area contributed by atoms with E-state index in [1.54, 1.807) is 0 Å². The largest absolute Gasteiger partial charge is 0.397 e. The van der Waals surface area contributed by atoms with Crippen molar-refractivity contribution in [1.29, 1.82) is 0 Å². The van der Waals surface area contributed by atoms with E-state index in [-0.39, 0.29) is 0 Å². The quantitative estimate of drug-likeness (QED) is 0.0889. The molecule has 0 aromatic carbocycles. The first-order valence-electron chi connectivity index (χ1n) is 13.4. The van der Waals surface area contributed by atoms with Crippen LogP contribution in [-0.4, -0.2) is 160 Å². The molecule has 15 atom stereocenters. The lowest BCUT2D eigenvalue weighted by atomic mass is 9.91. The highest BCUT2D eigenvalue weighted by molar-refractivity contribution is 7.81. The zero-order chi connectivity index (χ0) is 34.9. The third-order valence-corrected chi connectivity index (χ3v) is 8.88. The zero-order valence-corrected chi connectivity index (χ0v) is 27.0. The summed E-state index contributed by atoms with van der Waals surface area (Å²) in [4.78, 5) is 0. The van der Waals surface area contributed by atoms with Crippen LogP contribution in [0.2, 0.25) is 0 Å². The van der Waals surface area contributed by atoms with E-state index in [4.69, 9.17) is 37.5 Å². The molecular weight excluding hydrogens is 700 g/mol. The molecule has 0 aliphatic carbocycles. The van der Waals surface area contributed by atoms with E-state index < -0.39 is 136 Å². The van der Waals surface area contributed by atoms with Crippen LogP contribution in [0.1, 0.15) is 20.8 Å². The molecule has 25 heteroatoms. The Morgan fingerprint density at radius 3 is 1.59 bits per heavy atom. The van der Waals surface area contributed by atoms with Gasteiger partial charge in [-0.05, 0) is 6.92 Å². The fraction of sp³-hybridized carbons (Fsp3) is 1.00.